The first-order valence-electron chi connectivity index (χ1n) is 5.01. The second-order valence-corrected chi connectivity index (χ2v) is 4.29. The molecule has 1 heterocycles. The summed E-state index contributed by atoms with van der Waals surface area (Å²) in [5.41, 5.74) is 8.46. The van der Waals surface area contributed by atoms with Gasteiger partial charge >= 0.3 is 0 Å². The van der Waals surface area contributed by atoms with E-state index in [1.165, 1.54) is 10.9 Å². The first kappa shape index (κ1) is 8.06. The molecule has 0 atom stereocenters. The molecule has 0 aliphatic heterocycles. The van der Waals surface area contributed by atoms with Crippen LogP contribution in [-0.2, 0) is 6.42 Å². The zero-order valence-corrected chi connectivity index (χ0v) is 7.99. The Bertz CT molecular complexity index is 468. The maximum absolute atomic E-state index is 6.11. The van der Waals surface area contributed by atoms with Gasteiger partial charge in [-0.15, -0.1) is 0 Å². The Balaban J connectivity index is 2.06. The molecular formula is C12H13NO. The topological polar surface area (TPSA) is 39.2 Å². The molecule has 3 rings (SSSR count). The predicted octanol–water partition coefficient (Wildman–Crippen LogP) is 2.47. The van der Waals surface area contributed by atoms with Crippen molar-refractivity contribution in [3.05, 3.63) is 36.1 Å². The molecule has 1 aromatic carbocycles. The van der Waals surface area contributed by atoms with Crippen molar-refractivity contribution in [3.63, 3.8) is 0 Å². The minimum absolute atomic E-state index is 0.0750. The number of benzene rings is 1. The molecule has 0 amide bonds. The van der Waals surface area contributed by atoms with Crippen LogP contribution in [0.1, 0.15) is 18.4 Å². The molecule has 0 bridgehead atoms. The minimum Gasteiger partial charge on any atom is -0.464 e. The molecule has 1 fully saturated rings. The second-order valence-electron chi connectivity index (χ2n) is 4.29. The molecule has 1 aliphatic carbocycles. The lowest BCUT2D eigenvalue weighted by Crippen LogP contribution is -2.24. The molecule has 0 saturated heterocycles. The fraction of sp³-hybridized carbons (Fsp3) is 0.333. The largest absolute Gasteiger partial charge is 0.464 e. The van der Waals surface area contributed by atoms with Crippen molar-refractivity contribution in [2.45, 2.75) is 24.8 Å². The Labute approximate surface area is 82.7 Å². The SMILES string of the molecule is NC1(Cc2cccc3occc23)CC1. The maximum Gasteiger partial charge on any atom is 0.134 e. The number of nitrogens with two attached hydrogens (primary N) is 1. The summed E-state index contributed by atoms with van der Waals surface area (Å²) in [5, 5.41) is 1.21. The molecule has 1 aromatic heterocycles. The highest BCUT2D eigenvalue weighted by atomic mass is 16.3. The lowest BCUT2D eigenvalue weighted by molar-refractivity contribution is 0.615. The molecule has 2 nitrogen and oxygen atoms in total. The summed E-state index contributed by atoms with van der Waals surface area (Å²) in [5.74, 6) is 0. The van der Waals surface area contributed by atoms with Crippen molar-refractivity contribution in [1.29, 1.82) is 0 Å². The van der Waals surface area contributed by atoms with Gasteiger partial charge in [-0.1, -0.05) is 12.1 Å². The number of rotatable bonds is 2. The summed E-state index contributed by atoms with van der Waals surface area (Å²) in [6, 6.07) is 8.20. The van der Waals surface area contributed by atoms with E-state index in [1.807, 2.05) is 18.2 Å². The average molecular weight is 187 g/mol. The van der Waals surface area contributed by atoms with Gasteiger partial charge in [0, 0.05) is 10.9 Å². The number of hydrogen-bond acceptors (Lipinski definition) is 2. The van der Waals surface area contributed by atoms with E-state index >= 15 is 0 Å². The third-order valence-electron chi connectivity index (χ3n) is 3.02. The normalized spacial score (nSPS) is 18.6. The fourth-order valence-corrected chi connectivity index (χ4v) is 1.93. The van der Waals surface area contributed by atoms with Crippen molar-refractivity contribution in [2.24, 2.45) is 5.73 Å². The lowest BCUT2D eigenvalue weighted by atomic mass is 10.0. The minimum atomic E-state index is 0.0750. The predicted molar refractivity (Wildman–Crippen MR) is 56.1 cm³/mol. The second kappa shape index (κ2) is 2.61. The maximum atomic E-state index is 6.11. The van der Waals surface area contributed by atoms with Gasteiger partial charge in [-0.3, -0.25) is 0 Å². The fourth-order valence-electron chi connectivity index (χ4n) is 1.93. The molecule has 72 valence electrons. The van der Waals surface area contributed by atoms with Crippen LogP contribution >= 0.6 is 0 Å². The summed E-state index contributed by atoms with van der Waals surface area (Å²) >= 11 is 0. The van der Waals surface area contributed by atoms with Gasteiger partial charge in [-0.05, 0) is 37.0 Å². The van der Waals surface area contributed by atoms with Crippen LogP contribution in [0.4, 0.5) is 0 Å². The van der Waals surface area contributed by atoms with Crippen LogP contribution < -0.4 is 5.73 Å². The third kappa shape index (κ3) is 1.23. The molecule has 0 spiro atoms. The Kier molecular flexibility index (Phi) is 1.50. The molecular weight excluding hydrogens is 174 g/mol. The van der Waals surface area contributed by atoms with Crippen LogP contribution in [0.5, 0.6) is 0 Å². The van der Waals surface area contributed by atoms with Gasteiger partial charge in [-0.25, -0.2) is 0 Å². The zero-order valence-electron chi connectivity index (χ0n) is 7.99. The van der Waals surface area contributed by atoms with Gasteiger partial charge in [0.05, 0.1) is 6.26 Å². The lowest BCUT2D eigenvalue weighted by Gasteiger charge is -2.08. The summed E-state index contributed by atoms with van der Waals surface area (Å²) in [6.07, 6.45) is 5.02. The van der Waals surface area contributed by atoms with Crippen molar-refractivity contribution >= 4 is 11.0 Å². The van der Waals surface area contributed by atoms with Gasteiger partial charge in [0.2, 0.25) is 0 Å². The first-order valence-corrected chi connectivity index (χ1v) is 5.01. The first-order chi connectivity index (χ1) is 6.77. The van der Waals surface area contributed by atoms with E-state index in [4.69, 9.17) is 10.2 Å². The van der Waals surface area contributed by atoms with E-state index < -0.39 is 0 Å². The highest BCUT2D eigenvalue weighted by molar-refractivity contribution is 5.81. The Morgan fingerprint density at radius 3 is 2.93 bits per heavy atom. The van der Waals surface area contributed by atoms with E-state index in [0.29, 0.717) is 0 Å². The number of hydrogen-bond donors (Lipinski definition) is 1. The Morgan fingerprint density at radius 1 is 1.29 bits per heavy atom. The summed E-state index contributed by atoms with van der Waals surface area (Å²) in [6.45, 7) is 0. The molecule has 2 N–H and O–H groups in total. The van der Waals surface area contributed by atoms with Gasteiger partial charge in [0.15, 0.2) is 0 Å². The van der Waals surface area contributed by atoms with Crippen molar-refractivity contribution in [3.8, 4) is 0 Å². The number of fused-ring (bicyclic) bond motifs is 1. The van der Waals surface area contributed by atoms with Crippen molar-refractivity contribution in [2.75, 3.05) is 0 Å². The molecule has 14 heavy (non-hydrogen) atoms. The quantitative estimate of drug-likeness (QED) is 0.784. The van der Waals surface area contributed by atoms with Crippen LogP contribution in [0, 0.1) is 0 Å². The van der Waals surface area contributed by atoms with Crippen LogP contribution in [0.2, 0.25) is 0 Å². The monoisotopic (exact) mass is 187 g/mol. The van der Waals surface area contributed by atoms with Crippen molar-refractivity contribution < 1.29 is 4.42 Å². The van der Waals surface area contributed by atoms with Crippen LogP contribution in [0.25, 0.3) is 11.0 Å². The third-order valence-corrected chi connectivity index (χ3v) is 3.02. The van der Waals surface area contributed by atoms with E-state index in [0.717, 1.165) is 24.8 Å². The molecule has 2 heteroatoms. The van der Waals surface area contributed by atoms with Crippen LogP contribution in [-0.4, -0.2) is 5.54 Å². The van der Waals surface area contributed by atoms with Crippen LogP contribution in [0.3, 0.4) is 0 Å². The van der Waals surface area contributed by atoms with Gasteiger partial charge < -0.3 is 10.2 Å². The Hall–Kier alpha value is -1.28. The summed E-state index contributed by atoms with van der Waals surface area (Å²) < 4.78 is 5.35. The van der Waals surface area contributed by atoms with E-state index in [-0.39, 0.29) is 5.54 Å². The van der Waals surface area contributed by atoms with Crippen LogP contribution in [0.15, 0.2) is 34.9 Å². The molecule has 0 unspecified atom stereocenters. The van der Waals surface area contributed by atoms with E-state index in [9.17, 15) is 0 Å². The number of furan rings is 1. The molecule has 1 aliphatic rings. The van der Waals surface area contributed by atoms with E-state index in [2.05, 4.69) is 6.07 Å². The molecule has 2 aromatic rings. The highest BCUT2D eigenvalue weighted by Gasteiger charge is 2.38. The average Bonchev–Trinajstić information content (AvgIpc) is 2.73. The zero-order chi connectivity index (χ0) is 9.60. The molecule has 1 saturated carbocycles. The summed E-state index contributed by atoms with van der Waals surface area (Å²) in [4.78, 5) is 0. The van der Waals surface area contributed by atoms with E-state index in [1.54, 1.807) is 6.26 Å². The highest BCUT2D eigenvalue weighted by Crippen LogP contribution is 2.37. The van der Waals surface area contributed by atoms with Gasteiger partial charge in [0.25, 0.3) is 0 Å². The van der Waals surface area contributed by atoms with Gasteiger partial charge in [-0.2, -0.15) is 0 Å². The summed E-state index contributed by atoms with van der Waals surface area (Å²) in [7, 11) is 0. The van der Waals surface area contributed by atoms with Crippen molar-refractivity contribution in [1.82, 2.24) is 0 Å². The molecule has 0 radical (unpaired) electrons. The standard InChI is InChI=1S/C12H13NO/c13-12(5-6-12)8-9-2-1-3-11-10(9)4-7-14-11/h1-4,7H,5-6,8,13H2. The Morgan fingerprint density at radius 2 is 2.14 bits per heavy atom. The van der Waals surface area contributed by atoms with Gasteiger partial charge in [0.1, 0.15) is 5.58 Å². The smallest absolute Gasteiger partial charge is 0.134 e.